The standard InChI is InChI=1S/C33H38N10O3/c1-23(21-43-22-37-39-40-43)46-31-17-24(6-7-26(31)18-34)27-19-35-33(36-20-27)38-29-16-25(8-9-30(29)45-2)32(44)42-14-10-28(11-15-42)41-12-4-3-5-13-41/h6-9,16-17,19-20,22-23,28H,3-5,10-15,21H2,1-2H3,(H,35,36,38)/t23-/m0/s1. The van der Waals surface area contributed by atoms with Crippen LogP contribution < -0.4 is 14.8 Å². The number of carbonyl (C=O) groups is 1. The number of likely N-dealkylation sites (tertiary alicyclic amines) is 2. The van der Waals surface area contributed by atoms with E-state index >= 15 is 0 Å². The van der Waals surface area contributed by atoms with Crippen molar-refractivity contribution in [3.05, 3.63) is 66.2 Å². The first kappa shape index (κ1) is 30.9. The highest BCUT2D eigenvalue weighted by atomic mass is 16.5. The lowest BCUT2D eigenvalue weighted by molar-refractivity contribution is 0.0590. The lowest BCUT2D eigenvalue weighted by Gasteiger charge is -2.40. The van der Waals surface area contributed by atoms with Gasteiger partial charge in [0.05, 0.1) is 24.9 Å². The molecule has 0 bridgehead atoms. The molecule has 1 atom stereocenters. The number of tetrazole rings is 1. The molecule has 2 aliphatic heterocycles. The molecule has 1 N–H and O–H groups in total. The highest BCUT2D eigenvalue weighted by molar-refractivity contribution is 5.96. The number of amides is 1. The third kappa shape index (κ3) is 7.24. The average Bonchev–Trinajstić information content (AvgIpc) is 3.61. The van der Waals surface area contributed by atoms with E-state index < -0.39 is 0 Å². The molecule has 4 heterocycles. The Morgan fingerprint density at radius 1 is 1.02 bits per heavy atom. The fourth-order valence-corrected chi connectivity index (χ4v) is 6.17. The summed E-state index contributed by atoms with van der Waals surface area (Å²) in [5, 5.41) is 24.0. The van der Waals surface area contributed by atoms with Crippen LogP contribution in [0.25, 0.3) is 11.1 Å². The molecule has 2 saturated heterocycles. The molecular weight excluding hydrogens is 584 g/mol. The van der Waals surface area contributed by atoms with Gasteiger partial charge >= 0.3 is 0 Å². The maximum absolute atomic E-state index is 13.5. The van der Waals surface area contributed by atoms with E-state index in [-0.39, 0.29) is 12.0 Å². The zero-order chi connectivity index (χ0) is 31.9. The van der Waals surface area contributed by atoms with Gasteiger partial charge in [0, 0.05) is 42.7 Å². The van der Waals surface area contributed by atoms with Crippen LogP contribution in [0.5, 0.6) is 11.5 Å². The van der Waals surface area contributed by atoms with E-state index in [2.05, 4.69) is 41.8 Å². The van der Waals surface area contributed by atoms with Crippen molar-refractivity contribution in [3.63, 3.8) is 0 Å². The number of ether oxygens (including phenoxy) is 2. The SMILES string of the molecule is COc1ccc(C(=O)N2CCC(N3CCCCC3)CC2)cc1Nc1ncc(-c2ccc(C#N)c(O[C@@H](C)Cn3cnnn3)c2)cn1. The molecule has 2 fully saturated rings. The van der Waals surface area contributed by atoms with Gasteiger partial charge in [-0.3, -0.25) is 4.79 Å². The summed E-state index contributed by atoms with van der Waals surface area (Å²) < 4.78 is 13.2. The molecule has 0 saturated carbocycles. The van der Waals surface area contributed by atoms with Crippen LogP contribution in [0.3, 0.4) is 0 Å². The van der Waals surface area contributed by atoms with Gasteiger partial charge in [0.15, 0.2) is 0 Å². The summed E-state index contributed by atoms with van der Waals surface area (Å²) in [5.74, 6) is 1.40. The minimum Gasteiger partial charge on any atom is -0.495 e. The molecule has 0 radical (unpaired) electrons. The molecule has 46 heavy (non-hydrogen) atoms. The van der Waals surface area contributed by atoms with Gasteiger partial charge in [0.2, 0.25) is 5.95 Å². The molecule has 0 aliphatic carbocycles. The summed E-state index contributed by atoms with van der Waals surface area (Å²) in [6, 6.07) is 13.5. The quantitative estimate of drug-likeness (QED) is 0.270. The third-order valence-electron chi connectivity index (χ3n) is 8.60. The first-order chi connectivity index (χ1) is 22.5. The van der Waals surface area contributed by atoms with Crippen LogP contribution in [0.15, 0.2) is 55.1 Å². The second-order valence-electron chi connectivity index (χ2n) is 11.7. The Morgan fingerprint density at radius 2 is 1.80 bits per heavy atom. The predicted octanol–water partition coefficient (Wildman–Crippen LogP) is 4.31. The van der Waals surface area contributed by atoms with E-state index in [1.165, 1.54) is 38.7 Å². The third-order valence-corrected chi connectivity index (χ3v) is 8.60. The summed E-state index contributed by atoms with van der Waals surface area (Å²) in [6.45, 7) is 6.20. The summed E-state index contributed by atoms with van der Waals surface area (Å²) in [5.41, 5.74) is 3.16. The van der Waals surface area contributed by atoms with E-state index in [9.17, 15) is 10.1 Å². The molecule has 4 aromatic rings. The number of anilines is 2. The number of hydrogen-bond acceptors (Lipinski definition) is 11. The summed E-state index contributed by atoms with van der Waals surface area (Å²) in [6.07, 6.45) is 10.5. The topological polar surface area (TPSA) is 147 Å². The van der Waals surface area contributed by atoms with Gasteiger partial charge in [-0.25, -0.2) is 14.6 Å². The molecule has 2 aromatic carbocycles. The van der Waals surface area contributed by atoms with Crippen molar-refractivity contribution in [2.24, 2.45) is 0 Å². The smallest absolute Gasteiger partial charge is 0.253 e. The average molecular weight is 623 g/mol. The molecule has 13 heteroatoms. The molecule has 0 unspecified atom stereocenters. The summed E-state index contributed by atoms with van der Waals surface area (Å²) in [7, 11) is 1.59. The number of benzene rings is 2. The van der Waals surface area contributed by atoms with Gasteiger partial charge in [0.25, 0.3) is 5.91 Å². The Morgan fingerprint density at radius 3 is 2.50 bits per heavy atom. The van der Waals surface area contributed by atoms with Gasteiger partial charge in [-0.05, 0) is 92.0 Å². The van der Waals surface area contributed by atoms with Crippen LogP contribution in [-0.2, 0) is 6.54 Å². The Hall–Kier alpha value is -5.09. The molecule has 6 rings (SSSR count). The fraction of sp³-hybridized carbons (Fsp3) is 0.424. The zero-order valence-electron chi connectivity index (χ0n) is 26.2. The van der Waals surface area contributed by atoms with E-state index in [1.807, 2.05) is 17.9 Å². The van der Waals surface area contributed by atoms with Crippen molar-refractivity contribution in [2.75, 3.05) is 38.6 Å². The molecule has 2 aliphatic rings. The Labute approximate surface area is 268 Å². The van der Waals surface area contributed by atoms with E-state index in [1.54, 1.807) is 54.5 Å². The van der Waals surface area contributed by atoms with E-state index in [0.717, 1.165) is 37.1 Å². The normalized spacial score (nSPS) is 16.4. The van der Waals surface area contributed by atoms with E-state index in [4.69, 9.17) is 9.47 Å². The van der Waals surface area contributed by atoms with Gasteiger partial charge in [-0.15, -0.1) is 5.10 Å². The number of piperidine rings is 2. The monoisotopic (exact) mass is 622 g/mol. The minimum absolute atomic E-state index is 0.0187. The number of rotatable bonds is 10. The number of nitriles is 1. The van der Waals surface area contributed by atoms with E-state index in [0.29, 0.717) is 46.8 Å². The highest BCUT2D eigenvalue weighted by Crippen LogP contribution is 2.31. The lowest BCUT2D eigenvalue weighted by Crippen LogP contribution is -2.48. The second kappa shape index (κ2) is 14.3. The summed E-state index contributed by atoms with van der Waals surface area (Å²) >= 11 is 0. The van der Waals surface area contributed by atoms with Crippen molar-refractivity contribution in [3.8, 4) is 28.7 Å². The Bertz CT molecular complexity index is 1660. The first-order valence-corrected chi connectivity index (χ1v) is 15.7. The molecule has 13 nitrogen and oxygen atoms in total. The lowest BCUT2D eigenvalue weighted by atomic mass is 9.99. The Kier molecular flexibility index (Phi) is 9.64. The minimum atomic E-state index is -0.280. The molecule has 0 spiro atoms. The predicted molar refractivity (Wildman–Crippen MR) is 171 cm³/mol. The highest BCUT2D eigenvalue weighted by Gasteiger charge is 2.28. The van der Waals surface area contributed by atoms with Crippen molar-refractivity contribution in [1.29, 1.82) is 5.26 Å². The summed E-state index contributed by atoms with van der Waals surface area (Å²) in [4.78, 5) is 27.1. The van der Waals surface area contributed by atoms with Gasteiger partial charge in [-0.1, -0.05) is 12.5 Å². The Balaban J connectivity index is 1.12. The van der Waals surface area contributed by atoms with Gasteiger partial charge in [-0.2, -0.15) is 5.26 Å². The maximum atomic E-state index is 13.5. The van der Waals surface area contributed by atoms with Crippen molar-refractivity contribution >= 4 is 17.5 Å². The van der Waals surface area contributed by atoms with Crippen molar-refractivity contribution in [2.45, 2.75) is 57.7 Å². The molecular formula is C33H38N10O3. The number of carbonyl (C=O) groups excluding carboxylic acids is 1. The number of methoxy groups -OCH3 is 1. The van der Waals surface area contributed by atoms with Gasteiger partial charge in [0.1, 0.15) is 30.0 Å². The number of aromatic nitrogens is 6. The molecule has 2 aromatic heterocycles. The second-order valence-corrected chi connectivity index (χ2v) is 11.7. The molecule has 1 amide bonds. The van der Waals surface area contributed by atoms with Crippen LogP contribution in [0.2, 0.25) is 0 Å². The van der Waals surface area contributed by atoms with Crippen LogP contribution >= 0.6 is 0 Å². The van der Waals surface area contributed by atoms with Crippen LogP contribution in [-0.4, -0.2) is 91.3 Å². The number of nitrogens with zero attached hydrogens (tertiary/aromatic N) is 9. The van der Waals surface area contributed by atoms with Crippen LogP contribution in [0, 0.1) is 11.3 Å². The fourth-order valence-electron chi connectivity index (χ4n) is 6.17. The number of nitrogens with one attached hydrogen (secondary N) is 1. The largest absolute Gasteiger partial charge is 0.495 e. The van der Waals surface area contributed by atoms with Crippen molar-refractivity contribution in [1.82, 2.24) is 40.0 Å². The van der Waals surface area contributed by atoms with Crippen molar-refractivity contribution < 1.29 is 14.3 Å². The van der Waals surface area contributed by atoms with Crippen LogP contribution in [0.1, 0.15) is 54.9 Å². The molecule has 238 valence electrons. The van der Waals surface area contributed by atoms with Crippen LogP contribution in [0.4, 0.5) is 11.6 Å². The maximum Gasteiger partial charge on any atom is 0.253 e. The zero-order valence-corrected chi connectivity index (χ0v) is 26.2. The number of hydrogen-bond donors (Lipinski definition) is 1. The van der Waals surface area contributed by atoms with Gasteiger partial charge < -0.3 is 24.6 Å². The first-order valence-electron chi connectivity index (χ1n) is 15.7.